The number of ether oxygens (including phenoxy) is 1. The van der Waals surface area contributed by atoms with Gasteiger partial charge in [0.05, 0.1) is 24.0 Å². The number of nitrogens with zero attached hydrogens (tertiary/aromatic N) is 2. The average Bonchev–Trinajstić information content (AvgIpc) is 3.18. The molecule has 0 bridgehead atoms. The highest BCUT2D eigenvalue weighted by atomic mass is 32.1. The Balaban J connectivity index is 2.07. The number of nitrogens with one attached hydrogen (secondary N) is 1. The molecular weight excluding hydrogens is 366 g/mol. The van der Waals surface area contributed by atoms with Gasteiger partial charge < -0.3 is 19.7 Å². The van der Waals surface area contributed by atoms with E-state index in [1.165, 1.54) is 11.3 Å². The first-order valence-electron chi connectivity index (χ1n) is 9.18. The molecule has 1 amide bonds. The number of aryl methyl sites for hydroxylation is 3. The van der Waals surface area contributed by atoms with Crippen LogP contribution in [-0.4, -0.2) is 34.0 Å². The minimum Gasteiger partial charge on any atom is -0.397 e. The van der Waals surface area contributed by atoms with Gasteiger partial charge >= 0.3 is 6.09 Å². The smallest absolute Gasteiger partial charge is 0.397 e. The number of carbonyl (C=O) groups excluding carboxylic acids is 1. The Kier molecular flexibility index (Phi) is 7.99. The quantitative estimate of drug-likeness (QED) is 0.665. The fraction of sp³-hybridized carbons (Fsp3) is 0.526. The van der Waals surface area contributed by atoms with Crippen LogP contribution >= 0.6 is 11.3 Å². The molecule has 2 N–H and O–H groups in total. The molecule has 0 unspecified atom stereocenters. The van der Waals surface area contributed by atoms with Crippen LogP contribution in [0, 0.1) is 13.8 Å². The fourth-order valence-electron chi connectivity index (χ4n) is 2.44. The molecule has 1 atom stereocenters. The average molecular weight is 394 g/mol. The van der Waals surface area contributed by atoms with Gasteiger partial charge in [-0.05, 0) is 45.3 Å². The molecule has 0 aliphatic rings. The monoisotopic (exact) mass is 393 g/mol. The van der Waals surface area contributed by atoms with Crippen LogP contribution in [0.15, 0.2) is 4.52 Å². The summed E-state index contributed by atoms with van der Waals surface area (Å²) in [6, 6.07) is -0.316. The number of rotatable bonds is 9. The Labute approximate surface area is 163 Å². The molecule has 8 heteroatoms. The maximum Gasteiger partial charge on any atom is 0.413 e. The summed E-state index contributed by atoms with van der Waals surface area (Å²) in [6.07, 6.45) is 6.89. The molecule has 0 aliphatic heterocycles. The molecule has 148 valence electrons. The molecule has 2 heterocycles. The standard InChI is InChI=1S/C19H27N3O4S/c1-5-7-8-16-15(13(4)26-22-16)9-10-17-20-12(3)18(27-17)25-19(24)21-14(6-2)11-23/h9-10,14,23H,5-8,11H2,1-4H3,(H,21,24)/b10-9+/t14-/m1/s1. The first kappa shape index (κ1) is 21.1. The molecule has 0 aliphatic carbocycles. The molecule has 0 saturated heterocycles. The molecule has 0 saturated carbocycles. The lowest BCUT2D eigenvalue weighted by Gasteiger charge is -2.13. The summed E-state index contributed by atoms with van der Waals surface area (Å²) in [5.74, 6) is 0.774. The van der Waals surface area contributed by atoms with Crippen LogP contribution in [0.1, 0.15) is 60.8 Å². The van der Waals surface area contributed by atoms with Gasteiger partial charge in [0.1, 0.15) is 10.8 Å². The molecular formula is C19H27N3O4S. The second-order valence-electron chi connectivity index (χ2n) is 6.28. The van der Waals surface area contributed by atoms with Crippen molar-refractivity contribution in [1.82, 2.24) is 15.5 Å². The lowest BCUT2D eigenvalue weighted by atomic mass is 10.1. The van der Waals surface area contributed by atoms with Crippen LogP contribution < -0.4 is 10.1 Å². The molecule has 0 fully saturated rings. The topological polar surface area (TPSA) is 97.5 Å². The zero-order chi connectivity index (χ0) is 19.8. The summed E-state index contributed by atoms with van der Waals surface area (Å²) in [6.45, 7) is 7.57. The van der Waals surface area contributed by atoms with Crippen molar-refractivity contribution >= 4 is 29.6 Å². The van der Waals surface area contributed by atoms with Gasteiger partial charge in [0.2, 0.25) is 5.06 Å². The van der Waals surface area contributed by atoms with Gasteiger partial charge in [0, 0.05) is 5.56 Å². The van der Waals surface area contributed by atoms with Crippen molar-refractivity contribution in [3.05, 3.63) is 27.7 Å². The zero-order valence-corrected chi connectivity index (χ0v) is 17.1. The summed E-state index contributed by atoms with van der Waals surface area (Å²) in [4.78, 5) is 16.4. The Morgan fingerprint density at radius 2 is 2.15 bits per heavy atom. The van der Waals surface area contributed by atoms with Crippen molar-refractivity contribution in [3.8, 4) is 5.06 Å². The third-order valence-electron chi connectivity index (χ3n) is 4.13. The van der Waals surface area contributed by atoms with Gasteiger partial charge in [-0.2, -0.15) is 0 Å². The summed E-state index contributed by atoms with van der Waals surface area (Å²) in [5, 5.41) is 17.1. The van der Waals surface area contributed by atoms with Crippen molar-refractivity contribution in [2.24, 2.45) is 0 Å². The van der Waals surface area contributed by atoms with Crippen molar-refractivity contribution in [2.45, 2.75) is 59.4 Å². The first-order chi connectivity index (χ1) is 13.0. The number of amides is 1. The predicted octanol–water partition coefficient (Wildman–Crippen LogP) is 4.12. The maximum absolute atomic E-state index is 11.9. The maximum atomic E-state index is 11.9. The van der Waals surface area contributed by atoms with Gasteiger partial charge in [-0.3, -0.25) is 0 Å². The van der Waals surface area contributed by atoms with Crippen LogP contribution in [0.4, 0.5) is 4.79 Å². The van der Waals surface area contributed by atoms with Crippen LogP contribution in [0.5, 0.6) is 5.06 Å². The largest absolute Gasteiger partial charge is 0.413 e. The SMILES string of the molecule is CCCCc1noc(C)c1/C=C/c1nc(C)c(OC(=O)N[C@H](CC)CO)s1. The van der Waals surface area contributed by atoms with E-state index >= 15 is 0 Å². The third kappa shape index (κ3) is 5.90. The second kappa shape index (κ2) is 10.2. The Morgan fingerprint density at radius 3 is 2.81 bits per heavy atom. The zero-order valence-electron chi connectivity index (χ0n) is 16.2. The van der Waals surface area contributed by atoms with Gasteiger partial charge in [0.25, 0.3) is 0 Å². The van der Waals surface area contributed by atoms with Crippen LogP contribution in [-0.2, 0) is 6.42 Å². The number of thiazole rings is 1. The fourth-order valence-corrected chi connectivity index (χ4v) is 3.26. The first-order valence-corrected chi connectivity index (χ1v) is 9.99. The number of hydrogen-bond donors (Lipinski definition) is 2. The van der Waals surface area contributed by atoms with E-state index in [-0.39, 0.29) is 12.6 Å². The molecule has 27 heavy (non-hydrogen) atoms. The van der Waals surface area contributed by atoms with E-state index in [1.807, 2.05) is 26.0 Å². The van der Waals surface area contributed by atoms with Gasteiger partial charge in [-0.25, -0.2) is 9.78 Å². The van der Waals surface area contributed by atoms with E-state index in [0.717, 1.165) is 41.3 Å². The van der Waals surface area contributed by atoms with E-state index in [1.54, 1.807) is 6.92 Å². The summed E-state index contributed by atoms with van der Waals surface area (Å²) < 4.78 is 10.6. The Bertz CT molecular complexity index is 778. The highest BCUT2D eigenvalue weighted by Crippen LogP contribution is 2.29. The predicted molar refractivity (Wildman–Crippen MR) is 106 cm³/mol. The molecule has 0 spiro atoms. The Morgan fingerprint density at radius 1 is 1.37 bits per heavy atom. The summed E-state index contributed by atoms with van der Waals surface area (Å²) >= 11 is 1.29. The molecule has 0 radical (unpaired) electrons. The van der Waals surface area contributed by atoms with E-state index in [4.69, 9.17) is 14.4 Å². The minimum atomic E-state index is -0.588. The lowest BCUT2D eigenvalue weighted by molar-refractivity contribution is 0.182. The number of aliphatic hydroxyl groups excluding tert-OH is 1. The van der Waals surface area contributed by atoms with E-state index in [2.05, 4.69) is 22.4 Å². The summed E-state index contributed by atoms with van der Waals surface area (Å²) in [5.41, 5.74) is 2.56. The Hall–Kier alpha value is -2.19. The van der Waals surface area contributed by atoms with E-state index in [0.29, 0.717) is 17.2 Å². The molecule has 2 aromatic heterocycles. The number of aliphatic hydroxyl groups is 1. The van der Waals surface area contributed by atoms with Crippen molar-refractivity contribution < 1.29 is 19.2 Å². The third-order valence-corrected chi connectivity index (χ3v) is 5.13. The molecule has 2 aromatic rings. The van der Waals surface area contributed by atoms with Crippen molar-refractivity contribution in [2.75, 3.05) is 6.61 Å². The number of aromatic nitrogens is 2. The van der Waals surface area contributed by atoms with Gasteiger partial charge in [0.15, 0.2) is 0 Å². The molecule has 0 aromatic carbocycles. The highest BCUT2D eigenvalue weighted by molar-refractivity contribution is 7.14. The van der Waals surface area contributed by atoms with Crippen LogP contribution in [0.3, 0.4) is 0 Å². The molecule has 7 nitrogen and oxygen atoms in total. The van der Waals surface area contributed by atoms with E-state index < -0.39 is 6.09 Å². The van der Waals surface area contributed by atoms with Crippen LogP contribution in [0.25, 0.3) is 12.2 Å². The van der Waals surface area contributed by atoms with Crippen molar-refractivity contribution in [3.63, 3.8) is 0 Å². The number of hydrogen-bond acceptors (Lipinski definition) is 7. The minimum absolute atomic E-state index is 0.125. The van der Waals surface area contributed by atoms with Crippen molar-refractivity contribution in [1.29, 1.82) is 0 Å². The second-order valence-corrected chi connectivity index (χ2v) is 7.28. The summed E-state index contributed by atoms with van der Waals surface area (Å²) in [7, 11) is 0. The van der Waals surface area contributed by atoms with Crippen LogP contribution in [0.2, 0.25) is 0 Å². The highest BCUT2D eigenvalue weighted by Gasteiger charge is 2.15. The molecule has 2 rings (SSSR count). The van der Waals surface area contributed by atoms with Gasteiger partial charge in [-0.15, -0.1) is 0 Å². The van der Waals surface area contributed by atoms with Gasteiger partial charge in [-0.1, -0.05) is 36.8 Å². The number of carbonyl (C=O) groups is 1. The van der Waals surface area contributed by atoms with E-state index in [9.17, 15) is 4.79 Å². The normalized spacial score (nSPS) is 12.5. The number of unbranched alkanes of at least 4 members (excludes halogenated alkanes) is 1. The lowest BCUT2D eigenvalue weighted by Crippen LogP contribution is -2.38.